The Morgan fingerprint density at radius 1 is 1.67 bits per heavy atom. The Balaban J connectivity index is 3.29. The molecule has 0 aromatic heterocycles. The van der Waals surface area contributed by atoms with E-state index in [1.54, 1.807) is 0 Å². The fourth-order valence-electron chi connectivity index (χ4n) is 1.50. The van der Waals surface area contributed by atoms with E-state index in [-0.39, 0.29) is 12.3 Å². The van der Waals surface area contributed by atoms with Crippen LogP contribution in [0.5, 0.6) is 0 Å². The van der Waals surface area contributed by atoms with Gasteiger partial charge in [0.15, 0.2) is 0 Å². The van der Waals surface area contributed by atoms with E-state index in [4.69, 9.17) is 4.11 Å². The quantitative estimate of drug-likeness (QED) is 0.627. The van der Waals surface area contributed by atoms with Crippen molar-refractivity contribution in [3.63, 3.8) is 0 Å². The zero-order valence-electron chi connectivity index (χ0n) is 11.6. The van der Waals surface area contributed by atoms with Gasteiger partial charge >= 0.3 is 5.97 Å². The molecule has 1 saturated heterocycles. The summed E-state index contributed by atoms with van der Waals surface area (Å²) in [5.41, 5.74) is 0. The van der Waals surface area contributed by atoms with Gasteiger partial charge in [0, 0.05) is 34.1 Å². The number of hydrogen-bond donors (Lipinski definition) is 0. The minimum Gasteiger partial charge on any atom is -0.469 e. The van der Waals surface area contributed by atoms with Crippen LogP contribution in [-0.4, -0.2) is 45.3 Å². The number of hydrogen-bond acceptors (Lipinski definition) is 4. The predicted octanol–water partition coefficient (Wildman–Crippen LogP) is -0.123. The summed E-state index contributed by atoms with van der Waals surface area (Å²) in [5.74, 6) is -1.26. The Labute approximate surface area is 95.4 Å². The zero-order valence-corrected chi connectivity index (χ0v) is 9.43. The lowest BCUT2D eigenvalue weighted by atomic mass is 10.2. The van der Waals surface area contributed by atoms with Gasteiger partial charge in [-0.3, -0.25) is 13.8 Å². The molecule has 0 spiro atoms. The van der Waals surface area contributed by atoms with Gasteiger partial charge in [0.1, 0.15) is 4.87 Å². The van der Waals surface area contributed by atoms with Crippen molar-refractivity contribution in [2.75, 3.05) is 19.4 Å². The van der Waals surface area contributed by atoms with Crippen LogP contribution in [0.2, 0.25) is 0 Å². The second-order valence-corrected chi connectivity index (χ2v) is 5.03. The molecule has 1 heterocycles. The Morgan fingerprint density at radius 2 is 2.33 bits per heavy atom. The van der Waals surface area contributed by atoms with Crippen molar-refractivity contribution in [2.45, 2.75) is 25.1 Å². The number of rotatable bonds is 2. The van der Waals surface area contributed by atoms with Crippen molar-refractivity contribution in [3.8, 4) is 0 Å². The topological polar surface area (TPSA) is 63.7 Å². The third kappa shape index (κ3) is 2.19. The molecule has 5 nitrogen and oxygen atoms in total. The fraction of sp³-hybridized carbons (Fsp3) is 0.778. The van der Waals surface area contributed by atoms with Gasteiger partial charge in [-0.05, 0) is 6.85 Å². The minimum atomic E-state index is -2.71. The lowest BCUT2D eigenvalue weighted by Crippen LogP contribution is -2.47. The molecular weight excluding hydrogens is 218 g/mol. The molecule has 0 aromatic rings. The van der Waals surface area contributed by atoms with Gasteiger partial charge in [0.2, 0.25) is 5.91 Å². The first-order chi connectivity index (χ1) is 8.16. The molecule has 0 N–H and O–H groups in total. The third-order valence-corrected chi connectivity index (χ3v) is 3.98. The highest BCUT2D eigenvalue weighted by atomic mass is 32.2. The van der Waals surface area contributed by atoms with E-state index in [0.717, 1.165) is 12.0 Å². The number of nitrogens with zero attached hydrogens (tertiary/aromatic N) is 1. The SMILES string of the molecule is [2H]C([2H])([2H])[C@@]1(CC(=O)OC)N(C(C)=O)CCS1=O. The lowest BCUT2D eigenvalue weighted by molar-refractivity contribution is -0.143. The average molecular weight is 236 g/mol. The van der Waals surface area contributed by atoms with E-state index in [2.05, 4.69) is 4.74 Å². The van der Waals surface area contributed by atoms with E-state index < -0.39 is 40.8 Å². The summed E-state index contributed by atoms with van der Waals surface area (Å²) in [6.45, 7) is -1.45. The highest BCUT2D eigenvalue weighted by Crippen LogP contribution is 2.30. The van der Waals surface area contributed by atoms with E-state index in [9.17, 15) is 13.8 Å². The number of ether oxygens (including phenoxy) is 1. The third-order valence-electron chi connectivity index (χ3n) is 2.30. The molecule has 1 fully saturated rings. The second kappa shape index (κ2) is 4.30. The van der Waals surface area contributed by atoms with Crippen LogP contribution in [0.3, 0.4) is 0 Å². The molecule has 1 rings (SSSR count). The summed E-state index contributed by atoms with van der Waals surface area (Å²) in [5, 5.41) is 0. The van der Waals surface area contributed by atoms with Gasteiger partial charge in [-0.1, -0.05) is 0 Å². The molecule has 15 heavy (non-hydrogen) atoms. The van der Waals surface area contributed by atoms with Crippen molar-refractivity contribution in [2.24, 2.45) is 0 Å². The second-order valence-electron chi connectivity index (χ2n) is 3.26. The molecule has 0 aliphatic carbocycles. The Hall–Kier alpha value is -0.910. The molecule has 1 aliphatic rings. The molecule has 2 atom stereocenters. The van der Waals surface area contributed by atoms with Crippen LogP contribution in [0.4, 0.5) is 0 Å². The van der Waals surface area contributed by atoms with E-state index in [1.165, 1.54) is 6.92 Å². The van der Waals surface area contributed by atoms with Crippen LogP contribution in [0.15, 0.2) is 0 Å². The fourth-order valence-corrected chi connectivity index (χ4v) is 2.93. The monoisotopic (exact) mass is 236 g/mol. The van der Waals surface area contributed by atoms with Gasteiger partial charge in [0.25, 0.3) is 0 Å². The predicted molar refractivity (Wildman–Crippen MR) is 55.4 cm³/mol. The Morgan fingerprint density at radius 3 is 2.80 bits per heavy atom. The molecule has 0 radical (unpaired) electrons. The van der Waals surface area contributed by atoms with Gasteiger partial charge in [0.05, 0.1) is 13.5 Å². The summed E-state index contributed by atoms with van der Waals surface area (Å²) in [6.07, 6.45) is -0.591. The Kier molecular flexibility index (Phi) is 2.37. The van der Waals surface area contributed by atoms with Gasteiger partial charge < -0.3 is 9.64 Å². The minimum absolute atomic E-state index is 0.0506. The summed E-state index contributed by atoms with van der Waals surface area (Å²) >= 11 is 0. The number of esters is 1. The Bertz CT molecular complexity index is 398. The maximum Gasteiger partial charge on any atom is 0.308 e. The lowest BCUT2D eigenvalue weighted by Gasteiger charge is -2.31. The number of carbonyl (C=O) groups is 2. The van der Waals surface area contributed by atoms with Crippen LogP contribution >= 0.6 is 0 Å². The van der Waals surface area contributed by atoms with Crippen LogP contribution in [0, 0.1) is 0 Å². The van der Waals surface area contributed by atoms with Crippen LogP contribution in [0.1, 0.15) is 24.3 Å². The highest BCUT2D eigenvalue weighted by molar-refractivity contribution is 7.86. The normalized spacial score (nSPS) is 34.1. The number of methoxy groups -OCH3 is 1. The van der Waals surface area contributed by atoms with E-state index >= 15 is 0 Å². The highest BCUT2D eigenvalue weighted by Gasteiger charge is 2.46. The summed E-state index contributed by atoms with van der Waals surface area (Å²) in [6, 6.07) is 0. The molecule has 1 amide bonds. The molecule has 0 bridgehead atoms. The first-order valence-electron chi connectivity index (χ1n) is 5.90. The molecular formula is C9H15NO4S. The van der Waals surface area contributed by atoms with Crippen molar-refractivity contribution in [3.05, 3.63) is 0 Å². The molecule has 0 saturated carbocycles. The summed E-state index contributed by atoms with van der Waals surface area (Å²) in [7, 11) is -0.703. The standard InChI is InChI=1S/C9H15NO4S/c1-7(11)10-4-5-15(13)9(10,2)6-8(12)14-3/h4-6H2,1-3H3/t9-,15?/m1/s1/i2D3. The molecule has 0 aromatic carbocycles. The number of amides is 1. The van der Waals surface area contributed by atoms with Gasteiger partial charge in [-0.15, -0.1) is 0 Å². The van der Waals surface area contributed by atoms with E-state index in [1.807, 2.05) is 0 Å². The van der Waals surface area contributed by atoms with Gasteiger partial charge in [-0.25, -0.2) is 0 Å². The first-order valence-corrected chi connectivity index (χ1v) is 5.72. The largest absolute Gasteiger partial charge is 0.469 e. The average Bonchev–Trinajstić information content (AvgIpc) is 2.56. The molecule has 1 aliphatic heterocycles. The van der Waals surface area contributed by atoms with E-state index in [0.29, 0.717) is 0 Å². The van der Waals surface area contributed by atoms with Crippen LogP contribution < -0.4 is 0 Å². The van der Waals surface area contributed by atoms with Crippen molar-refractivity contribution >= 4 is 22.7 Å². The summed E-state index contributed by atoms with van der Waals surface area (Å²) < 4.78 is 39.1. The molecule has 1 unspecified atom stereocenters. The molecule has 86 valence electrons. The smallest absolute Gasteiger partial charge is 0.308 e. The van der Waals surface area contributed by atoms with Gasteiger partial charge in [-0.2, -0.15) is 0 Å². The van der Waals surface area contributed by atoms with Crippen LogP contribution in [-0.2, 0) is 25.1 Å². The molecule has 6 heteroatoms. The van der Waals surface area contributed by atoms with Crippen LogP contribution in [0.25, 0.3) is 0 Å². The first kappa shape index (κ1) is 8.27. The van der Waals surface area contributed by atoms with Crippen molar-refractivity contribution in [1.29, 1.82) is 0 Å². The summed E-state index contributed by atoms with van der Waals surface area (Å²) in [4.78, 5) is 21.9. The van der Waals surface area contributed by atoms with Crippen molar-refractivity contribution < 1.29 is 22.6 Å². The maximum atomic E-state index is 12.1. The van der Waals surface area contributed by atoms with Crippen molar-refractivity contribution in [1.82, 2.24) is 4.90 Å². The number of carbonyl (C=O) groups excluding carboxylic acids is 2. The maximum absolute atomic E-state index is 12.1. The zero-order chi connectivity index (χ0) is 14.1.